The highest BCUT2D eigenvalue weighted by Crippen LogP contribution is 2.16. The minimum Gasteiger partial charge on any atom is -0.380 e. The van der Waals surface area contributed by atoms with Crippen molar-refractivity contribution in [3.05, 3.63) is 65.0 Å². The fraction of sp³-hybridized carbons (Fsp3) is 0.333. The van der Waals surface area contributed by atoms with Crippen molar-refractivity contribution in [3.8, 4) is 0 Å². The molecule has 3 aromatic rings. The number of para-hydroxylation sites is 2. The fourth-order valence-electron chi connectivity index (χ4n) is 3.13. The van der Waals surface area contributed by atoms with E-state index in [1.807, 2.05) is 63.2 Å². The van der Waals surface area contributed by atoms with Crippen LogP contribution in [0, 0.1) is 13.8 Å². The van der Waals surface area contributed by atoms with E-state index in [0.717, 1.165) is 28.0 Å². The van der Waals surface area contributed by atoms with E-state index >= 15 is 0 Å². The number of fused-ring (bicyclic) bond motifs is 1. The van der Waals surface area contributed by atoms with E-state index in [-0.39, 0.29) is 5.91 Å². The molecule has 0 saturated heterocycles. The fourth-order valence-corrected chi connectivity index (χ4v) is 3.13. The summed E-state index contributed by atoms with van der Waals surface area (Å²) >= 11 is 0. The van der Waals surface area contributed by atoms with Gasteiger partial charge in [0.15, 0.2) is 0 Å². The Kier molecular flexibility index (Phi) is 5.68. The maximum atomic E-state index is 12.6. The molecule has 2 aromatic carbocycles. The summed E-state index contributed by atoms with van der Waals surface area (Å²) in [6, 6.07) is 13.9. The highest BCUT2D eigenvalue weighted by molar-refractivity contribution is 5.95. The van der Waals surface area contributed by atoms with E-state index < -0.39 is 0 Å². The Bertz CT molecular complexity index is 915. The van der Waals surface area contributed by atoms with Crippen LogP contribution in [0.3, 0.4) is 0 Å². The van der Waals surface area contributed by atoms with Gasteiger partial charge in [-0.15, -0.1) is 0 Å². The normalized spacial score (nSPS) is 11.0. The zero-order valence-electron chi connectivity index (χ0n) is 15.6. The molecular weight excluding hydrogens is 326 g/mol. The molecule has 1 N–H and O–H groups in total. The van der Waals surface area contributed by atoms with Crippen LogP contribution in [0.4, 0.5) is 0 Å². The van der Waals surface area contributed by atoms with Crippen LogP contribution in [0.5, 0.6) is 0 Å². The average Bonchev–Trinajstić information content (AvgIpc) is 2.98. The number of ether oxygens (including phenoxy) is 1. The lowest BCUT2D eigenvalue weighted by Crippen LogP contribution is -2.25. The van der Waals surface area contributed by atoms with Gasteiger partial charge in [0.25, 0.3) is 5.91 Å². The number of hydrogen-bond donors (Lipinski definition) is 1. The second-order valence-electron chi connectivity index (χ2n) is 6.37. The van der Waals surface area contributed by atoms with Gasteiger partial charge in [0.05, 0.1) is 24.2 Å². The molecule has 0 fully saturated rings. The average molecular weight is 351 g/mol. The summed E-state index contributed by atoms with van der Waals surface area (Å²) in [4.78, 5) is 17.3. The van der Waals surface area contributed by atoms with Crippen molar-refractivity contribution in [1.29, 1.82) is 0 Å². The van der Waals surface area contributed by atoms with Crippen molar-refractivity contribution in [3.63, 3.8) is 0 Å². The van der Waals surface area contributed by atoms with Gasteiger partial charge in [0.1, 0.15) is 5.82 Å². The molecule has 1 heterocycles. The monoisotopic (exact) mass is 351 g/mol. The first-order chi connectivity index (χ1) is 12.6. The van der Waals surface area contributed by atoms with Crippen LogP contribution >= 0.6 is 0 Å². The van der Waals surface area contributed by atoms with E-state index in [1.165, 1.54) is 0 Å². The molecule has 5 nitrogen and oxygen atoms in total. The third kappa shape index (κ3) is 3.94. The largest absolute Gasteiger partial charge is 0.380 e. The standard InChI is InChI=1S/C21H25N3O2/c1-4-26-12-11-24-19-8-6-5-7-18(19)23-20(24)14-22-21(25)17-10-9-15(2)13-16(17)3/h5-10,13H,4,11-12,14H2,1-3H3,(H,22,25). The van der Waals surface area contributed by atoms with Crippen molar-refractivity contribution in [2.75, 3.05) is 13.2 Å². The molecule has 0 aliphatic rings. The Labute approximate surface area is 154 Å². The predicted octanol–water partition coefficient (Wildman–Crippen LogP) is 3.62. The number of aromatic nitrogens is 2. The number of carbonyl (C=O) groups excluding carboxylic acids is 1. The van der Waals surface area contributed by atoms with Crippen molar-refractivity contribution >= 4 is 16.9 Å². The maximum absolute atomic E-state index is 12.6. The van der Waals surface area contributed by atoms with Crippen LogP contribution in [0.1, 0.15) is 34.2 Å². The number of nitrogens with one attached hydrogen (secondary N) is 1. The Morgan fingerprint density at radius 2 is 2.00 bits per heavy atom. The van der Waals surface area contributed by atoms with Crippen LogP contribution in [-0.2, 0) is 17.8 Å². The van der Waals surface area contributed by atoms with E-state index in [0.29, 0.717) is 31.9 Å². The number of imidazole rings is 1. The first kappa shape index (κ1) is 18.1. The third-order valence-electron chi connectivity index (χ3n) is 4.43. The van der Waals surface area contributed by atoms with Gasteiger partial charge >= 0.3 is 0 Å². The molecule has 0 unspecified atom stereocenters. The van der Waals surface area contributed by atoms with Gasteiger partial charge < -0.3 is 14.6 Å². The topological polar surface area (TPSA) is 56.1 Å². The van der Waals surface area contributed by atoms with Gasteiger partial charge in [-0.2, -0.15) is 0 Å². The maximum Gasteiger partial charge on any atom is 0.251 e. The van der Waals surface area contributed by atoms with Crippen LogP contribution in [-0.4, -0.2) is 28.7 Å². The number of carbonyl (C=O) groups is 1. The summed E-state index contributed by atoms with van der Waals surface area (Å²) in [7, 11) is 0. The van der Waals surface area contributed by atoms with Gasteiger partial charge in [-0.1, -0.05) is 29.8 Å². The van der Waals surface area contributed by atoms with Crippen molar-refractivity contribution < 1.29 is 9.53 Å². The molecule has 0 aliphatic heterocycles. The van der Waals surface area contributed by atoms with Crippen LogP contribution in [0.15, 0.2) is 42.5 Å². The minimum absolute atomic E-state index is 0.0779. The zero-order valence-corrected chi connectivity index (χ0v) is 15.6. The lowest BCUT2D eigenvalue weighted by molar-refractivity contribution is 0.0948. The van der Waals surface area contributed by atoms with E-state index in [4.69, 9.17) is 4.74 Å². The molecule has 0 spiro atoms. The van der Waals surface area contributed by atoms with Gasteiger partial charge in [-0.05, 0) is 44.5 Å². The van der Waals surface area contributed by atoms with Crippen LogP contribution < -0.4 is 5.32 Å². The van der Waals surface area contributed by atoms with E-state index in [1.54, 1.807) is 0 Å². The molecule has 1 aromatic heterocycles. The number of aryl methyl sites for hydroxylation is 2. The molecule has 1 amide bonds. The highest BCUT2D eigenvalue weighted by Gasteiger charge is 2.13. The Balaban J connectivity index is 1.79. The third-order valence-corrected chi connectivity index (χ3v) is 4.43. The van der Waals surface area contributed by atoms with Gasteiger partial charge in [0, 0.05) is 18.7 Å². The number of amides is 1. The smallest absolute Gasteiger partial charge is 0.251 e. The lowest BCUT2D eigenvalue weighted by Gasteiger charge is -2.11. The Morgan fingerprint density at radius 3 is 2.77 bits per heavy atom. The second-order valence-corrected chi connectivity index (χ2v) is 6.37. The molecule has 3 rings (SSSR count). The van der Waals surface area contributed by atoms with Gasteiger partial charge in [0.2, 0.25) is 0 Å². The predicted molar refractivity (Wildman–Crippen MR) is 103 cm³/mol. The molecule has 0 atom stereocenters. The lowest BCUT2D eigenvalue weighted by atomic mass is 10.1. The molecule has 5 heteroatoms. The summed E-state index contributed by atoms with van der Waals surface area (Å²) in [5.41, 5.74) is 4.82. The molecule has 0 saturated carbocycles. The molecular formula is C21H25N3O2. The molecule has 136 valence electrons. The van der Waals surface area contributed by atoms with Crippen LogP contribution in [0.25, 0.3) is 11.0 Å². The first-order valence-corrected chi connectivity index (χ1v) is 8.97. The molecule has 0 bridgehead atoms. The van der Waals surface area contributed by atoms with E-state index in [9.17, 15) is 4.79 Å². The van der Waals surface area contributed by atoms with Crippen LogP contribution in [0.2, 0.25) is 0 Å². The minimum atomic E-state index is -0.0779. The summed E-state index contributed by atoms with van der Waals surface area (Å²) in [6.07, 6.45) is 0. The quantitative estimate of drug-likeness (QED) is 0.662. The van der Waals surface area contributed by atoms with E-state index in [2.05, 4.69) is 14.9 Å². The SMILES string of the molecule is CCOCCn1c(CNC(=O)c2ccc(C)cc2C)nc2ccccc21. The molecule has 0 aliphatic carbocycles. The number of benzene rings is 2. The number of nitrogens with zero attached hydrogens (tertiary/aromatic N) is 2. The van der Waals surface area contributed by atoms with Crippen molar-refractivity contribution in [2.45, 2.75) is 33.9 Å². The first-order valence-electron chi connectivity index (χ1n) is 8.97. The molecule has 26 heavy (non-hydrogen) atoms. The zero-order chi connectivity index (χ0) is 18.5. The van der Waals surface area contributed by atoms with Gasteiger partial charge in [-0.3, -0.25) is 4.79 Å². The highest BCUT2D eigenvalue weighted by atomic mass is 16.5. The number of rotatable bonds is 7. The summed E-state index contributed by atoms with van der Waals surface area (Å²) in [5, 5.41) is 3.00. The van der Waals surface area contributed by atoms with Crippen molar-refractivity contribution in [1.82, 2.24) is 14.9 Å². The second kappa shape index (κ2) is 8.15. The Morgan fingerprint density at radius 1 is 1.19 bits per heavy atom. The van der Waals surface area contributed by atoms with Gasteiger partial charge in [-0.25, -0.2) is 4.98 Å². The van der Waals surface area contributed by atoms with Crippen molar-refractivity contribution in [2.24, 2.45) is 0 Å². The summed E-state index contributed by atoms with van der Waals surface area (Å²) in [6.45, 7) is 8.36. The summed E-state index contributed by atoms with van der Waals surface area (Å²) in [5.74, 6) is 0.759. The summed E-state index contributed by atoms with van der Waals surface area (Å²) < 4.78 is 7.61. The Hall–Kier alpha value is -2.66. The molecule has 0 radical (unpaired) electrons. The number of hydrogen-bond acceptors (Lipinski definition) is 3.